The first-order valence-electron chi connectivity index (χ1n) is 5.74. The number of carboxylic acid groups (broad SMARTS) is 1. The molecule has 0 amide bonds. The van der Waals surface area contributed by atoms with Gasteiger partial charge in [-0.25, -0.2) is 9.97 Å². The topological polar surface area (TPSA) is 78.4 Å². The summed E-state index contributed by atoms with van der Waals surface area (Å²) >= 11 is 5.87. The van der Waals surface area contributed by atoms with Crippen molar-refractivity contribution in [1.82, 2.24) is 20.2 Å². The zero-order valence-electron chi connectivity index (χ0n) is 10.1. The van der Waals surface area contributed by atoms with Crippen LogP contribution in [0.15, 0.2) is 6.07 Å². The predicted molar refractivity (Wildman–Crippen MR) is 66.5 cm³/mol. The van der Waals surface area contributed by atoms with Gasteiger partial charge in [0.1, 0.15) is 17.0 Å². The standard InChI is InChI=1S/C11H15ClN4O2/c1-7-4-9(12)15-10(14-7)6-16-3-2-13-5-8(16)11(17)18/h4,8,13H,2-3,5-6H2,1H3,(H,17,18). The van der Waals surface area contributed by atoms with E-state index in [0.29, 0.717) is 30.6 Å². The van der Waals surface area contributed by atoms with Crippen LogP contribution in [0.25, 0.3) is 0 Å². The van der Waals surface area contributed by atoms with E-state index in [1.165, 1.54) is 0 Å². The average molecular weight is 271 g/mol. The van der Waals surface area contributed by atoms with E-state index in [1.54, 1.807) is 6.07 Å². The molecule has 18 heavy (non-hydrogen) atoms. The van der Waals surface area contributed by atoms with Gasteiger partial charge in [-0.1, -0.05) is 11.6 Å². The number of aryl methyl sites for hydroxylation is 1. The van der Waals surface area contributed by atoms with Crippen molar-refractivity contribution < 1.29 is 9.90 Å². The Morgan fingerprint density at radius 1 is 1.67 bits per heavy atom. The van der Waals surface area contributed by atoms with Gasteiger partial charge < -0.3 is 10.4 Å². The number of hydrogen-bond acceptors (Lipinski definition) is 5. The summed E-state index contributed by atoms with van der Waals surface area (Å²) in [5, 5.41) is 12.6. The molecule has 0 saturated carbocycles. The molecule has 1 aromatic rings. The highest BCUT2D eigenvalue weighted by Gasteiger charge is 2.28. The molecule has 0 radical (unpaired) electrons. The lowest BCUT2D eigenvalue weighted by Gasteiger charge is -2.32. The van der Waals surface area contributed by atoms with Gasteiger partial charge in [0.15, 0.2) is 0 Å². The fourth-order valence-corrected chi connectivity index (χ4v) is 2.28. The van der Waals surface area contributed by atoms with Gasteiger partial charge in [-0.2, -0.15) is 0 Å². The first kappa shape index (κ1) is 13.2. The second-order valence-electron chi connectivity index (χ2n) is 4.28. The van der Waals surface area contributed by atoms with Gasteiger partial charge in [0.05, 0.1) is 6.54 Å². The number of nitrogens with one attached hydrogen (secondary N) is 1. The van der Waals surface area contributed by atoms with E-state index in [2.05, 4.69) is 15.3 Å². The SMILES string of the molecule is Cc1cc(Cl)nc(CN2CCNCC2C(=O)O)n1. The van der Waals surface area contributed by atoms with E-state index in [9.17, 15) is 4.79 Å². The number of piperazine rings is 1. The van der Waals surface area contributed by atoms with Crippen LogP contribution in [0.1, 0.15) is 11.5 Å². The molecule has 1 saturated heterocycles. The van der Waals surface area contributed by atoms with Gasteiger partial charge in [0.2, 0.25) is 0 Å². The van der Waals surface area contributed by atoms with Crippen LogP contribution in [0, 0.1) is 6.92 Å². The molecule has 1 aliphatic heterocycles. The van der Waals surface area contributed by atoms with Crippen molar-refractivity contribution in [2.24, 2.45) is 0 Å². The summed E-state index contributed by atoms with van der Waals surface area (Å²) in [4.78, 5) is 21.4. The quantitative estimate of drug-likeness (QED) is 0.769. The second kappa shape index (κ2) is 5.60. The molecule has 0 aliphatic carbocycles. The van der Waals surface area contributed by atoms with Crippen LogP contribution in [0.2, 0.25) is 5.15 Å². The molecule has 0 spiro atoms. The Bertz CT molecular complexity index is 434. The minimum absolute atomic E-state index is 0.388. The number of halogens is 1. The molecule has 2 N–H and O–H groups in total. The number of hydrogen-bond donors (Lipinski definition) is 2. The van der Waals surface area contributed by atoms with E-state index in [-0.39, 0.29) is 0 Å². The third-order valence-electron chi connectivity index (χ3n) is 2.85. The Balaban J connectivity index is 2.13. The van der Waals surface area contributed by atoms with Crippen LogP contribution in [0.4, 0.5) is 0 Å². The minimum atomic E-state index is -0.832. The highest BCUT2D eigenvalue weighted by Crippen LogP contribution is 2.11. The normalized spacial score (nSPS) is 20.9. The molecule has 7 heteroatoms. The van der Waals surface area contributed by atoms with Gasteiger partial charge in [-0.05, 0) is 13.0 Å². The van der Waals surface area contributed by atoms with E-state index >= 15 is 0 Å². The van der Waals surface area contributed by atoms with Crippen LogP contribution < -0.4 is 5.32 Å². The lowest BCUT2D eigenvalue weighted by atomic mass is 10.2. The van der Waals surface area contributed by atoms with E-state index in [1.807, 2.05) is 11.8 Å². The van der Waals surface area contributed by atoms with Crippen LogP contribution in [0.5, 0.6) is 0 Å². The molecular weight excluding hydrogens is 256 g/mol. The van der Waals surface area contributed by atoms with Gasteiger partial charge in [0, 0.05) is 25.3 Å². The van der Waals surface area contributed by atoms with Crippen molar-refractivity contribution in [3.8, 4) is 0 Å². The summed E-state index contributed by atoms with van der Waals surface area (Å²) in [7, 11) is 0. The number of nitrogens with zero attached hydrogens (tertiary/aromatic N) is 3. The van der Waals surface area contributed by atoms with E-state index in [0.717, 1.165) is 12.2 Å². The van der Waals surface area contributed by atoms with Crippen LogP contribution in [-0.2, 0) is 11.3 Å². The number of rotatable bonds is 3. The largest absolute Gasteiger partial charge is 0.480 e. The average Bonchev–Trinajstić information content (AvgIpc) is 2.27. The molecule has 6 nitrogen and oxygen atoms in total. The number of aliphatic carboxylic acids is 1. The van der Waals surface area contributed by atoms with Crippen LogP contribution in [0.3, 0.4) is 0 Å². The van der Waals surface area contributed by atoms with Gasteiger partial charge in [-0.15, -0.1) is 0 Å². The van der Waals surface area contributed by atoms with Crippen molar-refractivity contribution in [3.63, 3.8) is 0 Å². The van der Waals surface area contributed by atoms with Crippen LogP contribution >= 0.6 is 11.6 Å². The lowest BCUT2D eigenvalue weighted by Crippen LogP contribution is -2.54. The zero-order valence-corrected chi connectivity index (χ0v) is 10.8. The fourth-order valence-electron chi connectivity index (χ4n) is 2.02. The van der Waals surface area contributed by atoms with Gasteiger partial charge >= 0.3 is 5.97 Å². The number of aromatic nitrogens is 2. The Kier molecular flexibility index (Phi) is 4.11. The summed E-state index contributed by atoms with van der Waals surface area (Å²) < 4.78 is 0. The molecule has 1 aliphatic rings. The van der Waals surface area contributed by atoms with Crippen LogP contribution in [-0.4, -0.2) is 51.6 Å². The Morgan fingerprint density at radius 3 is 3.11 bits per heavy atom. The van der Waals surface area contributed by atoms with Gasteiger partial charge in [-0.3, -0.25) is 9.69 Å². The summed E-state index contributed by atoms with van der Waals surface area (Å²) in [5.74, 6) is -0.269. The first-order valence-corrected chi connectivity index (χ1v) is 6.11. The molecular formula is C11H15ClN4O2. The maximum atomic E-state index is 11.1. The highest BCUT2D eigenvalue weighted by atomic mass is 35.5. The first-order chi connectivity index (χ1) is 8.56. The fraction of sp³-hybridized carbons (Fsp3) is 0.545. The Labute approximate surface area is 110 Å². The molecule has 2 heterocycles. The highest BCUT2D eigenvalue weighted by molar-refractivity contribution is 6.29. The van der Waals surface area contributed by atoms with E-state index < -0.39 is 12.0 Å². The maximum absolute atomic E-state index is 11.1. The zero-order chi connectivity index (χ0) is 13.1. The molecule has 0 bridgehead atoms. The van der Waals surface area contributed by atoms with Gasteiger partial charge in [0.25, 0.3) is 0 Å². The third-order valence-corrected chi connectivity index (χ3v) is 3.05. The summed E-state index contributed by atoms with van der Waals surface area (Å²) in [5.41, 5.74) is 0.784. The molecule has 1 unspecified atom stereocenters. The monoisotopic (exact) mass is 270 g/mol. The predicted octanol–water partition coefficient (Wildman–Crippen LogP) is 0.297. The smallest absolute Gasteiger partial charge is 0.322 e. The maximum Gasteiger partial charge on any atom is 0.322 e. The lowest BCUT2D eigenvalue weighted by molar-refractivity contribution is -0.144. The summed E-state index contributed by atoms with van der Waals surface area (Å²) in [6, 6.07) is 1.14. The van der Waals surface area contributed by atoms with Crippen molar-refractivity contribution >= 4 is 17.6 Å². The minimum Gasteiger partial charge on any atom is -0.480 e. The molecule has 1 fully saturated rings. The van der Waals surface area contributed by atoms with E-state index in [4.69, 9.17) is 16.7 Å². The molecule has 98 valence electrons. The summed E-state index contributed by atoms with van der Waals surface area (Å²) in [6.45, 7) is 4.10. The van der Waals surface area contributed by atoms with Crippen molar-refractivity contribution in [1.29, 1.82) is 0 Å². The van der Waals surface area contributed by atoms with Crippen molar-refractivity contribution in [2.75, 3.05) is 19.6 Å². The Morgan fingerprint density at radius 2 is 2.44 bits per heavy atom. The van der Waals surface area contributed by atoms with Crippen molar-refractivity contribution in [3.05, 3.63) is 22.7 Å². The second-order valence-corrected chi connectivity index (χ2v) is 4.66. The van der Waals surface area contributed by atoms with Crippen molar-refractivity contribution in [2.45, 2.75) is 19.5 Å². The third kappa shape index (κ3) is 3.16. The molecule has 1 atom stereocenters. The summed E-state index contributed by atoms with van der Waals surface area (Å²) in [6.07, 6.45) is 0. The number of carbonyl (C=O) groups is 1. The molecule has 0 aromatic carbocycles. The molecule has 1 aromatic heterocycles. The Hall–Kier alpha value is -1.24. The number of carboxylic acids is 1. The molecule has 2 rings (SSSR count).